The monoisotopic (exact) mass is 359 g/mol. The van der Waals surface area contributed by atoms with Gasteiger partial charge in [0.05, 0.1) is 16.8 Å². The summed E-state index contributed by atoms with van der Waals surface area (Å²) in [6.45, 7) is 0. The van der Waals surface area contributed by atoms with E-state index in [1.165, 1.54) is 0 Å². The summed E-state index contributed by atoms with van der Waals surface area (Å²) >= 11 is 4.97. The molecule has 0 saturated carbocycles. The molecule has 104 valence electrons. The summed E-state index contributed by atoms with van der Waals surface area (Å²) in [4.78, 5) is 15.9. The zero-order valence-electron chi connectivity index (χ0n) is 10.8. The van der Waals surface area contributed by atoms with E-state index in [0.717, 1.165) is 10.0 Å². The number of fused-ring (bicyclic) bond motifs is 1. The highest BCUT2D eigenvalue weighted by atomic mass is 79.9. The standard InChI is InChI=1S/C16H10BrNO2S/c17-11-2-4-15-13(7-11)14(16(19)20)8-12(18-15)3-1-10-5-6-21-9-10/h1-9H,(H,19,20). The van der Waals surface area contributed by atoms with Crippen molar-refractivity contribution in [1.29, 1.82) is 0 Å². The number of aromatic nitrogens is 1. The van der Waals surface area contributed by atoms with Gasteiger partial charge in [0, 0.05) is 9.86 Å². The summed E-state index contributed by atoms with van der Waals surface area (Å²) in [7, 11) is 0. The molecule has 1 aromatic carbocycles. The molecule has 0 unspecified atom stereocenters. The summed E-state index contributed by atoms with van der Waals surface area (Å²) in [5, 5.41) is 14.0. The number of halogens is 1. The summed E-state index contributed by atoms with van der Waals surface area (Å²) < 4.78 is 0.834. The van der Waals surface area contributed by atoms with Crippen LogP contribution < -0.4 is 0 Å². The minimum atomic E-state index is -0.953. The van der Waals surface area contributed by atoms with Crippen LogP contribution in [0.15, 0.2) is 45.6 Å². The van der Waals surface area contributed by atoms with Crippen LogP contribution in [0.3, 0.4) is 0 Å². The molecule has 0 aliphatic rings. The number of aromatic carboxylic acids is 1. The fourth-order valence-corrected chi connectivity index (χ4v) is 3.02. The molecule has 2 aromatic heterocycles. The van der Waals surface area contributed by atoms with Crippen LogP contribution in [-0.2, 0) is 0 Å². The first-order valence-corrected chi connectivity index (χ1v) is 7.91. The second-order valence-electron chi connectivity index (χ2n) is 4.45. The van der Waals surface area contributed by atoms with Gasteiger partial charge in [0.2, 0.25) is 0 Å². The van der Waals surface area contributed by atoms with Gasteiger partial charge < -0.3 is 5.11 Å². The van der Waals surface area contributed by atoms with Crippen molar-refractivity contribution in [1.82, 2.24) is 4.98 Å². The highest BCUT2D eigenvalue weighted by Gasteiger charge is 2.11. The number of pyridine rings is 1. The first-order valence-electron chi connectivity index (χ1n) is 6.17. The average molecular weight is 360 g/mol. The van der Waals surface area contributed by atoms with E-state index < -0.39 is 5.97 Å². The minimum absolute atomic E-state index is 0.256. The third kappa shape index (κ3) is 3.04. The van der Waals surface area contributed by atoms with E-state index in [9.17, 15) is 9.90 Å². The molecular weight excluding hydrogens is 350 g/mol. The molecule has 0 spiro atoms. The molecule has 3 aromatic rings. The number of carboxylic acid groups (broad SMARTS) is 1. The number of rotatable bonds is 3. The average Bonchev–Trinajstić information content (AvgIpc) is 2.97. The molecule has 21 heavy (non-hydrogen) atoms. The molecule has 0 atom stereocenters. The van der Waals surface area contributed by atoms with E-state index in [1.807, 2.05) is 41.1 Å². The molecule has 0 fully saturated rings. The van der Waals surface area contributed by atoms with E-state index in [2.05, 4.69) is 20.9 Å². The zero-order chi connectivity index (χ0) is 14.8. The predicted molar refractivity (Wildman–Crippen MR) is 89.6 cm³/mol. The Hall–Kier alpha value is -1.98. The van der Waals surface area contributed by atoms with Crippen molar-refractivity contribution in [3.8, 4) is 0 Å². The lowest BCUT2D eigenvalue weighted by Gasteiger charge is -2.05. The Morgan fingerprint density at radius 2 is 2.10 bits per heavy atom. The second-order valence-corrected chi connectivity index (χ2v) is 6.15. The largest absolute Gasteiger partial charge is 0.478 e. The van der Waals surface area contributed by atoms with Gasteiger partial charge in [-0.3, -0.25) is 0 Å². The number of benzene rings is 1. The Bertz CT molecular complexity index is 841. The third-order valence-corrected chi connectivity index (χ3v) is 4.21. The van der Waals surface area contributed by atoms with Crippen molar-refractivity contribution in [2.45, 2.75) is 0 Å². The first-order chi connectivity index (χ1) is 10.1. The minimum Gasteiger partial charge on any atom is -0.478 e. The normalized spacial score (nSPS) is 11.3. The van der Waals surface area contributed by atoms with Crippen molar-refractivity contribution >= 4 is 56.3 Å². The van der Waals surface area contributed by atoms with Crippen molar-refractivity contribution < 1.29 is 9.90 Å². The van der Waals surface area contributed by atoms with Crippen molar-refractivity contribution in [2.24, 2.45) is 0 Å². The molecule has 2 heterocycles. The Labute approximate surface area is 133 Å². The van der Waals surface area contributed by atoms with E-state index >= 15 is 0 Å². The van der Waals surface area contributed by atoms with Crippen LogP contribution in [0.2, 0.25) is 0 Å². The Morgan fingerprint density at radius 1 is 1.24 bits per heavy atom. The highest BCUT2D eigenvalue weighted by molar-refractivity contribution is 9.10. The molecular formula is C16H10BrNO2S. The first kappa shape index (κ1) is 14.0. The Balaban J connectivity index is 2.12. The maximum atomic E-state index is 11.4. The lowest BCUT2D eigenvalue weighted by Crippen LogP contribution is -2.00. The van der Waals surface area contributed by atoms with E-state index in [1.54, 1.807) is 23.5 Å². The summed E-state index contributed by atoms with van der Waals surface area (Å²) in [6, 6.07) is 9.04. The molecule has 1 N–H and O–H groups in total. The number of carbonyl (C=O) groups is 1. The predicted octanol–water partition coefficient (Wildman–Crippen LogP) is 4.93. The van der Waals surface area contributed by atoms with Crippen LogP contribution >= 0.6 is 27.3 Å². The zero-order valence-corrected chi connectivity index (χ0v) is 13.2. The molecule has 0 radical (unpaired) electrons. The van der Waals surface area contributed by atoms with Gasteiger partial charge in [0.15, 0.2) is 0 Å². The van der Waals surface area contributed by atoms with Gasteiger partial charge in [-0.1, -0.05) is 22.0 Å². The topological polar surface area (TPSA) is 50.2 Å². The summed E-state index contributed by atoms with van der Waals surface area (Å²) in [6.07, 6.45) is 3.76. The SMILES string of the molecule is O=C(O)c1cc(C=Cc2ccsc2)nc2ccc(Br)cc12. The van der Waals surface area contributed by atoms with Crippen molar-refractivity contribution in [3.63, 3.8) is 0 Å². The summed E-state index contributed by atoms with van der Waals surface area (Å²) in [5.41, 5.74) is 2.64. The molecule has 0 aliphatic carbocycles. The van der Waals surface area contributed by atoms with Crippen LogP contribution in [0.5, 0.6) is 0 Å². The van der Waals surface area contributed by atoms with Gasteiger partial charge in [0.1, 0.15) is 0 Å². The van der Waals surface area contributed by atoms with Crippen LogP contribution in [0.25, 0.3) is 23.1 Å². The van der Waals surface area contributed by atoms with Gasteiger partial charge in [-0.15, -0.1) is 0 Å². The quantitative estimate of drug-likeness (QED) is 0.721. The second kappa shape index (κ2) is 5.79. The van der Waals surface area contributed by atoms with Crippen LogP contribution in [0.1, 0.15) is 21.6 Å². The maximum absolute atomic E-state index is 11.4. The highest BCUT2D eigenvalue weighted by Crippen LogP contribution is 2.24. The van der Waals surface area contributed by atoms with Crippen molar-refractivity contribution in [3.05, 3.63) is 62.4 Å². The smallest absolute Gasteiger partial charge is 0.336 e. The lowest BCUT2D eigenvalue weighted by molar-refractivity contribution is 0.0699. The van der Waals surface area contributed by atoms with Crippen LogP contribution in [-0.4, -0.2) is 16.1 Å². The number of hydrogen-bond acceptors (Lipinski definition) is 3. The number of hydrogen-bond donors (Lipinski definition) is 1. The fraction of sp³-hybridized carbons (Fsp3) is 0. The number of carboxylic acids is 1. The summed E-state index contributed by atoms with van der Waals surface area (Å²) in [5.74, 6) is -0.953. The van der Waals surface area contributed by atoms with E-state index in [4.69, 9.17) is 0 Å². The third-order valence-electron chi connectivity index (χ3n) is 3.01. The Kier molecular flexibility index (Phi) is 3.86. The fourth-order valence-electron chi connectivity index (χ4n) is 2.03. The molecule has 3 nitrogen and oxygen atoms in total. The molecule has 5 heteroatoms. The number of thiophene rings is 1. The van der Waals surface area contributed by atoms with Crippen LogP contribution in [0.4, 0.5) is 0 Å². The molecule has 3 rings (SSSR count). The molecule has 0 aliphatic heterocycles. The van der Waals surface area contributed by atoms with Crippen molar-refractivity contribution in [2.75, 3.05) is 0 Å². The van der Waals surface area contributed by atoms with E-state index in [-0.39, 0.29) is 5.56 Å². The van der Waals surface area contributed by atoms with Gasteiger partial charge >= 0.3 is 5.97 Å². The maximum Gasteiger partial charge on any atom is 0.336 e. The number of nitrogens with zero attached hydrogens (tertiary/aromatic N) is 1. The van der Waals surface area contributed by atoms with Gasteiger partial charge in [-0.05, 0) is 52.7 Å². The Morgan fingerprint density at radius 3 is 2.81 bits per heavy atom. The van der Waals surface area contributed by atoms with Crippen LogP contribution in [0, 0.1) is 0 Å². The van der Waals surface area contributed by atoms with Gasteiger partial charge in [0.25, 0.3) is 0 Å². The van der Waals surface area contributed by atoms with Gasteiger partial charge in [-0.25, -0.2) is 9.78 Å². The molecule has 0 saturated heterocycles. The van der Waals surface area contributed by atoms with E-state index in [0.29, 0.717) is 16.6 Å². The lowest BCUT2D eigenvalue weighted by atomic mass is 10.1. The van der Waals surface area contributed by atoms with Gasteiger partial charge in [-0.2, -0.15) is 11.3 Å². The molecule has 0 amide bonds. The molecule has 0 bridgehead atoms.